The van der Waals surface area contributed by atoms with E-state index in [1.807, 2.05) is 6.92 Å². The van der Waals surface area contributed by atoms with Crippen molar-refractivity contribution in [3.8, 4) is 0 Å². The van der Waals surface area contributed by atoms with Crippen LogP contribution in [0.4, 0.5) is 5.82 Å². The Morgan fingerprint density at radius 2 is 2.50 bits per heavy atom. The van der Waals surface area contributed by atoms with E-state index in [0.29, 0.717) is 11.4 Å². The number of ether oxygens (including phenoxy) is 1. The SMILES string of the molecule is CC1OCCC1Nc1ncccc1C(N)=O. The number of hydrogen-bond donors (Lipinski definition) is 2. The van der Waals surface area contributed by atoms with Crippen LogP contribution in [-0.2, 0) is 4.74 Å². The van der Waals surface area contributed by atoms with E-state index < -0.39 is 5.91 Å². The van der Waals surface area contributed by atoms with Gasteiger partial charge in [-0.25, -0.2) is 4.98 Å². The molecule has 1 fully saturated rings. The molecule has 0 radical (unpaired) electrons. The number of aromatic nitrogens is 1. The lowest BCUT2D eigenvalue weighted by Gasteiger charge is -2.17. The van der Waals surface area contributed by atoms with Crippen molar-refractivity contribution < 1.29 is 9.53 Å². The van der Waals surface area contributed by atoms with Crippen LogP contribution in [0.1, 0.15) is 23.7 Å². The van der Waals surface area contributed by atoms with Crippen LogP contribution in [0.5, 0.6) is 0 Å². The molecule has 0 aliphatic carbocycles. The average Bonchev–Trinajstić information content (AvgIpc) is 2.65. The van der Waals surface area contributed by atoms with Crippen molar-refractivity contribution in [3.63, 3.8) is 0 Å². The molecule has 1 aromatic rings. The summed E-state index contributed by atoms with van der Waals surface area (Å²) in [4.78, 5) is 15.3. The van der Waals surface area contributed by atoms with Crippen LogP contribution >= 0.6 is 0 Å². The second-order valence-corrected chi connectivity index (χ2v) is 3.88. The second-order valence-electron chi connectivity index (χ2n) is 3.88. The minimum atomic E-state index is -0.470. The van der Waals surface area contributed by atoms with Gasteiger partial charge < -0.3 is 15.8 Å². The lowest BCUT2D eigenvalue weighted by atomic mass is 10.1. The molecule has 16 heavy (non-hydrogen) atoms. The predicted molar refractivity (Wildman–Crippen MR) is 60.2 cm³/mol. The molecule has 2 unspecified atom stereocenters. The molecule has 5 nitrogen and oxygen atoms in total. The standard InChI is InChI=1S/C11H15N3O2/c1-7-9(4-6-16-7)14-11-8(10(12)15)3-2-5-13-11/h2-3,5,7,9H,4,6H2,1H3,(H2,12,15)(H,13,14). The van der Waals surface area contributed by atoms with E-state index in [1.54, 1.807) is 18.3 Å². The number of nitrogens with two attached hydrogens (primary N) is 1. The molecule has 2 atom stereocenters. The number of carbonyl (C=O) groups is 1. The van der Waals surface area contributed by atoms with Gasteiger partial charge in [0.2, 0.25) is 0 Å². The fraction of sp³-hybridized carbons (Fsp3) is 0.455. The van der Waals surface area contributed by atoms with Crippen LogP contribution < -0.4 is 11.1 Å². The summed E-state index contributed by atoms with van der Waals surface area (Å²) in [7, 11) is 0. The molecule has 1 amide bonds. The number of primary amides is 1. The maximum absolute atomic E-state index is 11.2. The van der Waals surface area contributed by atoms with Gasteiger partial charge in [-0.15, -0.1) is 0 Å². The summed E-state index contributed by atoms with van der Waals surface area (Å²) in [5, 5.41) is 3.20. The molecule has 1 saturated heterocycles. The van der Waals surface area contributed by atoms with E-state index in [4.69, 9.17) is 10.5 Å². The highest BCUT2D eigenvalue weighted by atomic mass is 16.5. The van der Waals surface area contributed by atoms with Crippen LogP contribution in [0.2, 0.25) is 0 Å². The molecule has 0 saturated carbocycles. The topological polar surface area (TPSA) is 77.2 Å². The van der Waals surface area contributed by atoms with Crippen molar-refractivity contribution in [1.29, 1.82) is 0 Å². The Labute approximate surface area is 94.0 Å². The zero-order chi connectivity index (χ0) is 11.5. The molecule has 1 aromatic heterocycles. The Hall–Kier alpha value is -1.62. The number of rotatable bonds is 3. The third-order valence-corrected chi connectivity index (χ3v) is 2.77. The van der Waals surface area contributed by atoms with Gasteiger partial charge in [-0.05, 0) is 25.5 Å². The van der Waals surface area contributed by atoms with Crippen molar-refractivity contribution in [2.45, 2.75) is 25.5 Å². The minimum Gasteiger partial charge on any atom is -0.376 e. The first-order valence-electron chi connectivity index (χ1n) is 5.31. The molecule has 0 spiro atoms. The fourth-order valence-electron chi connectivity index (χ4n) is 1.82. The fourth-order valence-corrected chi connectivity index (χ4v) is 1.82. The summed E-state index contributed by atoms with van der Waals surface area (Å²) in [6.45, 7) is 2.73. The molecule has 2 rings (SSSR count). The summed E-state index contributed by atoms with van der Waals surface area (Å²) in [6, 6.07) is 3.55. The maximum Gasteiger partial charge on any atom is 0.252 e. The highest BCUT2D eigenvalue weighted by molar-refractivity contribution is 5.97. The second kappa shape index (κ2) is 4.49. The summed E-state index contributed by atoms with van der Waals surface area (Å²) in [6.07, 6.45) is 2.67. The van der Waals surface area contributed by atoms with Crippen LogP contribution in [0.25, 0.3) is 0 Å². The minimum absolute atomic E-state index is 0.128. The molecule has 1 aliphatic rings. The molecule has 86 valence electrons. The first-order chi connectivity index (χ1) is 7.68. The quantitative estimate of drug-likeness (QED) is 0.790. The van der Waals surface area contributed by atoms with Gasteiger partial charge in [0.05, 0.1) is 17.7 Å². The largest absolute Gasteiger partial charge is 0.376 e. The Kier molecular flexibility index (Phi) is 3.05. The predicted octanol–water partition coefficient (Wildman–Crippen LogP) is 0.770. The molecule has 5 heteroatoms. The van der Waals surface area contributed by atoms with Crippen molar-refractivity contribution in [2.75, 3.05) is 11.9 Å². The van der Waals surface area contributed by atoms with Crippen molar-refractivity contribution >= 4 is 11.7 Å². The van der Waals surface area contributed by atoms with Crippen molar-refractivity contribution in [2.24, 2.45) is 5.73 Å². The number of pyridine rings is 1. The maximum atomic E-state index is 11.2. The summed E-state index contributed by atoms with van der Waals surface area (Å²) in [5.74, 6) is 0.0690. The number of nitrogens with zero attached hydrogens (tertiary/aromatic N) is 1. The number of hydrogen-bond acceptors (Lipinski definition) is 4. The number of carbonyl (C=O) groups excluding carboxylic acids is 1. The normalized spacial score (nSPS) is 24.3. The molecule has 3 N–H and O–H groups in total. The van der Waals surface area contributed by atoms with E-state index in [0.717, 1.165) is 13.0 Å². The third-order valence-electron chi connectivity index (χ3n) is 2.77. The first-order valence-corrected chi connectivity index (χ1v) is 5.31. The van der Waals surface area contributed by atoms with Crippen LogP contribution in [0.3, 0.4) is 0 Å². The van der Waals surface area contributed by atoms with Crippen LogP contribution in [0.15, 0.2) is 18.3 Å². The number of nitrogens with one attached hydrogen (secondary N) is 1. The van der Waals surface area contributed by atoms with Gasteiger partial charge in [0, 0.05) is 12.8 Å². The zero-order valence-electron chi connectivity index (χ0n) is 9.14. The average molecular weight is 221 g/mol. The van der Waals surface area contributed by atoms with E-state index in [-0.39, 0.29) is 12.1 Å². The van der Waals surface area contributed by atoms with E-state index >= 15 is 0 Å². The number of amides is 1. The monoisotopic (exact) mass is 221 g/mol. The van der Waals surface area contributed by atoms with Crippen molar-refractivity contribution in [3.05, 3.63) is 23.9 Å². The first kappa shape index (κ1) is 10.9. The smallest absolute Gasteiger partial charge is 0.252 e. The summed E-state index contributed by atoms with van der Waals surface area (Å²) < 4.78 is 5.43. The zero-order valence-corrected chi connectivity index (χ0v) is 9.14. The lowest BCUT2D eigenvalue weighted by molar-refractivity contribution is 0.1000. The number of anilines is 1. The summed E-state index contributed by atoms with van der Waals surface area (Å²) in [5.41, 5.74) is 5.69. The highest BCUT2D eigenvalue weighted by Crippen LogP contribution is 2.19. The molecular formula is C11H15N3O2. The molecule has 2 heterocycles. The molecule has 0 aromatic carbocycles. The lowest BCUT2D eigenvalue weighted by Crippen LogP contribution is -2.28. The van der Waals surface area contributed by atoms with Gasteiger partial charge in [-0.3, -0.25) is 4.79 Å². The Morgan fingerprint density at radius 3 is 3.12 bits per heavy atom. The Morgan fingerprint density at radius 1 is 1.69 bits per heavy atom. The Bertz CT molecular complexity index is 395. The molecule has 0 bridgehead atoms. The van der Waals surface area contributed by atoms with E-state index in [9.17, 15) is 4.79 Å². The van der Waals surface area contributed by atoms with Gasteiger partial charge in [-0.1, -0.05) is 0 Å². The van der Waals surface area contributed by atoms with E-state index in [1.165, 1.54) is 0 Å². The summed E-state index contributed by atoms with van der Waals surface area (Å²) >= 11 is 0. The van der Waals surface area contributed by atoms with Gasteiger partial charge in [0.15, 0.2) is 0 Å². The Balaban J connectivity index is 2.17. The van der Waals surface area contributed by atoms with Crippen molar-refractivity contribution in [1.82, 2.24) is 4.98 Å². The van der Waals surface area contributed by atoms with E-state index in [2.05, 4.69) is 10.3 Å². The van der Waals surface area contributed by atoms with Gasteiger partial charge in [0.25, 0.3) is 5.91 Å². The van der Waals surface area contributed by atoms with Crippen LogP contribution in [-0.4, -0.2) is 29.6 Å². The molecular weight excluding hydrogens is 206 g/mol. The highest BCUT2D eigenvalue weighted by Gasteiger charge is 2.25. The van der Waals surface area contributed by atoms with Gasteiger partial charge in [0.1, 0.15) is 5.82 Å². The molecule has 1 aliphatic heterocycles. The van der Waals surface area contributed by atoms with Gasteiger partial charge >= 0.3 is 0 Å². The van der Waals surface area contributed by atoms with Crippen LogP contribution in [0, 0.1) is 0 Å². The third kappa shape index (κ3) is 2.14. The van der Waals surface area contributed by atoms with Gasteiger partial charge in [-0.2, -0.15) is 0 Å².